The van der Waals surface area contributed by atoms with Crippen molar-refractivity contribution in [3.8, 4) is 22.8 Å². The highest BCUT2D eigenvalue weighted by molar-refractivity contribution is 6.07. The molecule has 4 N–H and O–H groups in total. The summed E-state index contributed by atoms with van der Waals surface area (Å²) >= 11 is 0. The molecule has 9 heteroatoms. The lowest BCUT2D eigenvalue weighted by Gasteiger charge is -2.21. The molecule has 0 unspecified atom stereocenters. The number of amides is 1. The van der Waals surface area contributed by atoms with Crippen molar-refractivity contribution in [1.82, 2.24) is 15.3 Å². The Kier molecular flexibility index (Phi) is 4.42. The van der Waals surface area contributed by atoms with E-state index in [2.05, 4.69) is 25.9 Å². The van der Waals surface area contributed by atoms with E-state index in [1.165, 1.54) is 13.2 Å². The number of carbonyl (C=O) groups is 1. The van der Waals surface area contributed by atoms with Crippen LogP contribution in [0, 0.1) is 5.82 Å². The monoisotopic (exact) mass is 409 g/mol. The summed E-state index contributed by atoms with van der Waals surface area (Å²) in [6.45, 7) is 1.72. The Morgan fingerprint density at radius 1 is 1.23 bits per heavy atom. The number of hydrogen-bond donors (Lipinski definition) is 4. The number of nitrogens with zero attached hydrogens (tertiary/aromatic N) is 1. The second-order valence-corrected chi connectivity index (χ2v) is 6.99. The first-order chi connectivity index (χ1) is 14.7. The van der Waals surface area contributed by atoms with Crippen LogP contribution in [-0.2, 0) is 6.42 Å². The van der Waals surface area contributed by atoms with Gasteiger partial charge in [0.1, 0.15) is 6.61 Å². The SMILES string of the molecule is COc1c(F)cccc1Nc1c(-c2ccnc3c2OCCN3)[nH]c2c1C(=O)NCC2. The summed E-state index contributed by atoms with van der Waals surface area (Å²) < 4.78 is 25.4. The van der Waals surface area contributed by atoms with Gasteiger partial charge in [0.05, 0.1) is 36.3 Å². The van der Waals surface area contributed by atoms with E-state index in [0.29, 0.717) is 60.3 Å². The maximum Gasteiger partial charge on any atom is 0.255 e. The third kappa shape index (κ3) is 2.90. The maximum absolute atomic E-state index is 14.3. The average Bonchev–Trinajstić information content (AvgIpc) is 3.13. The van der Waals surface area contributed by atoms with E-state index in [1.807, 2.05) is 6.07 Å². The normalized spacial score (nSPS) is 14.7. The molecule has 0 aliphatic carbocycles. The van der Waals surface area contributed by atoms with Crippen molar-refractivity contribution in [2.24, 2.45) is 0 Å². The minimum absolute atomic E-state index is 0.0734. The lowest BCUT2D eigenvalue weighted by molar-refractivity contribution is 0.0947. The lowest BCUT2D eigenvalue weighted by atomic mass is 10.0. The molecule has 0 spiro atoms. The van der Waals surface area contributed by atoms with Gasteiger partial charge in [-0.15, -0.1) is 0 Å². The first-order valence-corrected chi connectivity index (χ1v) is 9.66. The number of ether oxygens (including phenoxy) is 2. The Morgan fingerprint density at radius 2 is 2.13 bits per heavy atom. The highest BCUT2D eigenvalue weighted by Gasteiger charge is 2.30. The number of aromatic nitrogens is 2. The fourth-order valence-electron chi connectivity index (χ4n) is 3.90. The fourth-order valence-corrected chi connectivity index (χ4v) is 3.90. The van der Waals surface area contributed by atoms with Crippen LogP contribution < -0.4 is 25.4 Å². The molecule has 5 rings (SSSR count). The molecule has 4 heterocycles. The Hall–Kier alpha value is -3.75. The second-order valence-electron chi connectivity index (χ2n) is 6.99. The van der Waals surface area contributed by atoms with E-state index in [0.717, 1.165) is 11.3 Å². The number of hydrogen-bond acceptors (Lipinski definition) is 6. The van der Waals surface area contributed by atoms with Gasteiger partial charge >= 0.3 is 0 Å². The average molecular weight is 409 g/mol. The standard InChI is InChI=1S/C21H20FN5O3/c1-29-19-12(22)3-2-4-14(19)27-17-15-13(6-8-25-21(15)28)26-16(17)11-5-7-23-20-18(11)30-10-9-24-20/h2-5,7,26-27H,6,8-10H2,1H3,(H,23,24)(H,25,28). The van der Waals surface area contributed by atoms with Crippen LogP contribution in [0.4, 0.5) is 21.6 Å². The van der Waals surface area contributed by atoms with Crippen molar-refractivity contribution < 1.29 is 18.7 Å². The van der Waals surface area contributed by atoms with Gasteiger partial charge in [-0.2, -0.15) is 0 Å². The van der Waals surface area contributed by atoms with E-state index in [9.17, 15) is 9.18 Å². The number of fused-ring (bicyclic) bond motifs is 2. The smallest absolute Gasteiger partial charge is 0.255 e. The van der Waals surface area contributed by atoms with Gasteiger partial charge in [0.25, 0.3) is 5.91 Å². The van der Waals surface area contributed by atoms with Crippen molar-refractivity contribution in [3.05, 3.63) is 47.5 Å². The van der Waals surface area contributed by atoms with Gasteiger partial charge in [-0.25, -0.2) is 9.37 Å². The Morgan fingerprint density at radius 3 is 3.00 bits per heavy atom. The highest BCUT2D eigenvalue weighted by Crippen LogP contribution is 2.44. The van der Waals surface area contributed by atoms with Gasteiger partial charge in [-0.05, 0) is 18.2 Å². The molecule has 8 nitrogen and oxygen atoms in total. The van der Waals surface area contributed by atoms with Crippen molar-refractivity contribution >= 4 is 23.1 Å². The Bertz CT molecular complexity index is 1140. The second kappa shape index (κ2) is 7.25. The van der Waals surface area contributed by atoms with Crippen LogP contribution in [0.5, 0.6) is 11.5 Å². The number of para-hydroxylation sites is 1. The van der Waals surface area contributed by atoms with E-state index in [1.54, 1.807) is 18.3 Å². The van der Waals surface area contributed by atoms with Crippen LogP contribution >= 0.6 is 0 Å². The van der Waals surface area contributed by atoms with E-state index in [4.69, 9.17) is 9.47 Å². The van der Waals surface area contributed by atoms with E-state index < -0.39 is 5.82 Å². The highest BCUT2D eigenvalue weighted by atomic mass is 19.1. The minimum Gasteiger partial charge on any atom is -0.492 e. The van der Waals surface area contributed by atoms with Gasteiger partial charge in [-0.1, -0.05) is 6.07 Å². The molecule has 0 saturated heterocycles. The van der Waals surface area contributed by atoms with Crippen LogP contribution in [0.15, 0.2) is 30.5 Å². The molecular weight excluding hydrogens is 389 g/mol. The van der Waals surface area contributed by atoms with Gasteiger partial charge in [0.2, 0.25) is 0 Å². The van der Waals surface area contributed by atoms with Crippen LogP contribution in [0.3, 0.4) is 0 Å². The molecule has 0 saturated carbocycles. The first-order valence-electron chi connectivity index (χ1n) is 9.66. The molecule has 1 aromatic carbocycles. The van der Waals surface area contributed by atoms with Gasteiger partial charge in [0.15, 0.2) is 23.1 Å². The van der Waals surface area contributed by atoms with Crippen molar-refractivity contribution in [3.63, 3.8) is 0 Å². The Labute approximate surface area is 171 Å². The summed E-state index contributed by atoms with van der Waals surface area (Å²) in [6, 6.07) is 6.43. The topological polar surface area (TPSA) is 100 Å². The molecule has 2 aromatic heterocycles. The van der Waals surface area contributed by atoms with Crippen molar-refractivity contribution in [2.45, 2.75) is 6.42 Å². The summed E-state index contributed by atoms with van der Waals surface area (Å²) in [4.78, 5) is 20.4. The van der Waals surface area contributed by atoms with Gasteiger partial charge in [-0.3, -0.25) is 4.79 Å². The molecule has 1 amide bonds. The zero-order chi connectivity index (χ0) is 20.7. The molecular formula is C21H20FN5O3. The van der Waals surface area contributed by atoms with Crippen LogP contribution in [0.25, 0.3) is 11.3 Å². The van der Waals surface area contributed by atoms with Gasteiger partial charge in [0, 0.05) is 30.4 Å². The zero-order valence-corrected chi connectivity index (χ0v) is 16.3. The molecule has 0 atom stereocenters. The molecule has 2 aliphatic heterocycles. The van der Waals surface area contributed by atoms with Crippen LogP contribution in [0.2, 0.25) is 0 Å². The largest absolute Gasteiger partial charge is 0.492 e. The molecule has 154 valence electrons. The number of aromatic amines is 1. The molecule has 2 aliphatic rings. The zero-order valence-electron chi connectivity index (χ0n) is 16.3. The quantitative estimate of drug-likeness (QED) is 0.529. The number of H-pyrrole nitrogens is 1. The van der Waals surface area contributed by atoms with Crippen LogP contribution in [0.1, 0.15) is 16.1 Å². The number of rotatable bonds is 4. The number of halogens is 1. The summed E-state index contributed by atoms with van der Waals surface area (Å²) in [5.41, 5.74) is 3.69. The number of pyridine rings is 1. The number of carbonyl (C=O) groups excluding carboxylic acids is 1. The number of benzene rings is 1. The third-order valence-electron chi connectivity index (χ3n) is 5.21. The van der Waals surface area contributed by atoms with E-state index in [-0.39, 0.29) is 11.7 Å². The van der Waals surface area contributed by atoms with E-state index >= 15 is 0 Å². The molecule has 30 heavy (non-hydrogen) atoms. The maximum atomic E-state index is 14.3. The summed E-state index contributed by atoms with van der Waals surface area (Å²) in [6.07, 6.45) is 2.34. The van der Waals surface area contributed by atoms with Crippen LogP contribution in [-0.4, -0.2) is 42.7 Å². The molecule has 0 radical (unpaired) electrons. The fraction of sp³-hybridized carbons (Fsp3) is 0.238. The summed E-state index contributed by atoms with van der Waals surface area (Å²) in [5.74, 6) is 0.636. The van der Waals surface area contributed by atoms with Gasteiger partial charge < -0.3 is 30.4 Å². The third-order valence-corrected chi connectivity index (χ3v) is 5.21. The first kappa shape index (κ1) is 18.3. The summed E-state index contributed by atoms with van der Waals surface area (Å²) in [5, 5.41) is 9.31. The Balaban J connectivity index is 1.70. The predicted octanol–water partition coefficient (Wildman–Crippen LogP) is 3.06. The number of anilines is 3. The predicted molar refractivity (Wildman–Crippen MR) is 110 cm³/mol. The number of methoxy groups -OCH3 is 1. The molecule has 3 aromatic rings. The minimum atomic E-state index is -0.494. The number of nitrogens with one attached hydrogen (secondary N) is 4. The lowest BCUT2D eigenvalue weighted by Crippen LogP contribution is -2.31. The molecule has 0 fully saturated rings. The molecule has 0 bridgehead atoms. The summed E-state index contributed by atoms with van der Waals surface area (Å²) in [7, 11) is 1.41. The van der Waals surface area contributed by atoms with Crippen molar-refractivity contribution in [2.75, 3.05) is 37.4 Å². The van der Waals surface area contributed by atoms with Crippen molar-refractivity contribution in [1.29, 1.82) is 0 Å².